The third-order valence-electron chi connectivity index (χ3n) is 6.37. The molecule has 148 valence electrons. The zero-order chi connectivity index (χ0) is 20.0. The minimum Gasteiger partial charge on any atom is -0.484 e. The van der Waals surface area contributed by atoms with Crippen molar-refractivity contribution in [2.75, 3.05) is 18.8 Å². The van der Waals surface area contributed by atoms with Crippen LogP contribution in [0.2, 0.25) is 0 Å². The van der Waals surface area contributed by atoms with Gasteiger partial charge in [0.05, 0.1) is 0 Å². The maximum atomic E-state index is 12.6. The van der Waals surface area contributed by atoms with Crippen molar-refractivity contribution >= 4 is 29.1 Å². The van der Waals surface area contributed by atoms with Gasteiger partial charge in [0.25, 0.3) is 0 Å². The summed E-state index contributed by atoms with van der Waals surface area (Å²) in [5.41, 5.74) is 2.28. The van der Waals surface area contributed by atoms with E-state index < -0.39 is 11.6 Å². The van der Waals surface area contributed by atoms with E-state index in [1.54, 1.807) is 12.1 Å². The first-order valence-electron chi connectivity index (χ1n) is 10.1. The van der Waals surface area contributed by atoms with Crippen molar-refractivity contribution in [1.82, 2.24) is 4.90 Å². The summed E-state index contributed by atoms with van der Waals surface area (Å²) < 4.78 is 6.56. The Bertz CT molecular complexity index is 1010. The van der Waals surface area contributed by atoms with E-state index in [0.29, 0.717) is 22.3 Å². The Balaban J connectivity index is 1.37. The van der Waals surface area contributed by atoms with Gasteiger partial charge in [-0.2, -0.15) is 0 Å². The normalized spacial score (nSPS) is 22.1. The van der Waals surface area contributed by atoms with Crippen molar-refractivity contribution in [3.05, 3.63) is 76.2 Å². The topological polar surface area (TPSA) is 46.6 Å². The smallest absolute Gasteiger partial charge is 0.243 e. The van der Waals surface area contributed by atoms with Gasteiger partial charge in [-0.05, 0) is 12.5 Å². The van der Waals surface area contributed by atoms with Crippen LogP contribution in [-0.4, -0.2) is 40.9 Å². The maximum Gasteiger partial charge on any atom is 0.243 e. The number of carbonyl (C=O) groups is 2. The van der Waals surface area contributed by atoms with Gasteiger partial charge >= 0.3 is 0 Å². The summed E-state index contributed by atoms with van der Waals surface area (Å²) in [6.45, 7) is 4.16. The molecule has 3 aliphatic rings. The van der Waals surface area contributed by atoms with E-state index in [0.717, 1.165) is 37.2 Å². The first-order chi connectivity index (χ1) is 14.1. The number of ketones is 2. The molecule has 2 aromatic carbocycles. The molecule has 0 N–H and O–H groups in total. The van der Waals surface area contributed by atoms with Crippen LogP contribution in [0.25, 0.3) is 5.76 Å². The standard InChI is InChI=1S/C24H23NO3S/c1-16(17-7-3-2-4-8-17)25-13-11-24(12-14-25)15-29-23-21(27)20(26)18-9-5-6-10-19(18)22(23)28-24/h2-10,16H,11-15H2,1H3. The predicted molar refractivity (Wildman–Crippen MR) is 115 cm³/mol. The highest BCUT2D eigenvalue weighted by atomic mass is 32.2. The number of carbonyl (C=O) groups excluding carboxylic acids is 2. The Morgan fingerprint density at radius 3 is 2.31 bits per heavy atom. The number of nitrogens with zero attached hydrogens (tertiary/aromatic N) is 1. The van der Waals surface area contributed by atoms with Gasteiger partial charge in [0, 0.05) is 48.9 Å². The number of piperidine rings is 1. The molecule has 5 heteroatoms. The molecule has 2 heterocycles. The second-order valence-corrected chi connectivity index (χ2v) is 9.04. The van der Waals surface area contributed by atoms with E-state index in [1.807, 2.05) is 18.2 Å². The molecule has 1 atom stereocenters. The van der Waals surface area contributed by atoms with E-state index in [4.69, 9.17) is 4.74 Å². The molecule has 5 rings (SSSR count). The fraction of sp³-hybridized carbons (Fsp3) is 0.333. The number of allylic oxidation sites excluding steroid dienone is 1. The summed E-state index contributed by atoms with van der Waals surface area (Å²) >= 11 is 1.50. The summed E-state index contributed by atoms with van der Waals surface area (Å²) in [5.74, 6) is 0.498. The molecule has 1 unspecified atom stereocenters. The monoisotopic (exact) mass is 405 g/mol. The van der Waals surface area contributed by atoms with Crippen molar-refractivity contribution in [2.24, 2.45) is 0 Å². The third-order valence-corrected chi connectivity index (χ3v) is 7.70. The lowest BCUT2D eigenvalue weighted by Crippen LogP contribution is -2.49. The van der Waals surface area contributed by atoms with Crippen LogP contribution in [0.4, 0.5) is 0 Å². The van der Waals surface area contributed by atoms with Crippen LogP contribution in [-0.2, 0) is 9.53 Å². The maximum absolute atomic E-state index is 12.6. The van der Waals surface area contributed by atoms with Crippen molar-refractivity contribution < 1.29 is 14.3 Å². The zero-order valence-electron chi connectivity index (χ0n) is 16.4. The number of Topliss-reactive ketones (excluding diaryl/α,β-unsaturated/α-hetero) is 2. The van der Waals surface area contributed by atoms with Crippen LogP contribution in [0.1, 0.15) is 47.3 Å². The van der Waals surface area contributed by atoms with Gasteiger partial charge in [0.2, 0.25) is 11.6 Å². The zero-order valence-corrected chi connectivity index (χ0v) is 17.2. The summed E-state index contributed by atoms with van der Waals surface area (Å²) in [4.78, 5) is 28.0. The van der Waals surface area contributed by atoms with E-state index in [1.165, 1.54) is 17.3 Å². The molecular formula is C24H23NO3S. The van der Waals surface area contributed by atoms with Crippen molar-refractivity contribution in [2.45, 2.75) is 31.4 Å². The largest absolute Gasteiger partial charge is 0.484 e. The number of ether oxygens (including phenoxy) is 1. The lowest BCUT2D eigenvalue weighted by molar-refractivity contribution is -0.111. The summed E-state index contributed by atoms with van der Waals surface area (Å²) in [6.07, 6.45) is 1.83. The van der Waals surface area contributed by atoms with Crippen LogP contribution in [0.3, 0.4) is 0 Å². The number of rotatable bonds is 2. The summed E-state index contributed by atoms with van der Waals surface area (Å²) in [6, 6.07) is 18.3. The summed E-state index contributed by atoms with van der Waals surface area (Å²) in [7, 11) is 0. The van der Waals surface area contributed by atoms with E-state index in [-0.39, 0.29) is 5.60 Å². The fourth-order valence-electron chi connectivity index (χ4n) is 4.52. The first-order valence-corrected chi connectivity index (χ1v) is 11.1. The molecule has 2 aliphatic heterocycles. The van der Waals surface area contributed by atoms with Crippen LogP contribution in [0, 0.1) is 0 Å². The summed E-state index contributed by atoms with van der Waals surface area (Å²) in [5, 5.41) is 0. The van der Waals surface area contributed by atoms with Crippen molar-refractivity contribution in [1.29, 1.82) is 0 Å². The van der Waals surface area contributed by atoms with Crippen molar-refractivity contribution in [3.8, 4) is 0 Å². The minimum absolute atomic E-state index is 0.274. The van der Waals surface area contributed by atoms with Crippen LogP contribution >= 0.6 is 11.8 Å². The molecule has 1 aliphatic carbocycles. The highest BCUT2D eigenvalue weighted by molar-refractivity contribution is 8.04. The average Bonchev–Trinajstić information content (AvgIpc) is 2.78. The Morgan fingerprint density at radius 2 is 1.59 bits per heavy atom. The lowest BCUT2D eigenvalue weighted by atomic mass is 9.89. The van der Waals surface area contributed by atoms with Gasteiger partial charge in [-0.25, -0.2) is 0 Å². The Hall–Kier alpha value is -2.37. The molecule has 0 amide bonds. The van der Waals surface area contributed by atoms with E-state index >= 15 is 0 Å². The Kier molecular flexibility index (Phi) is 4.60. The highest BCUT2D eigenvalue weighted by Gasteiger charge is 2.46. The quantitative estimate of drug-likeness (QED) is 0.690. The van der Waals surface area contributed by atoms with Crippen molar-refractivity contribution in [3.63, 3.8) is 0 Å². The molecule has 2 aromatic rings. The van der Waals surface area contributed by atoms with Gasteiger partial charge in [-0.15, -0.1) is 11.8 Å². The first kappa shape index (κ1) is 18.6. The molecule has 0 aromatic heterocycles. The van der Waals surface area contributed by atoms with Gasteiger partial charge < -0.3 is 4.74 Å². The number of hydrogen-bond acceptors (Lipinski definition) is 5. The number of likely N-dealkylation sites (tertiary alicyclic amines) is 1. The number of benzene rings is 2. The van der Waals surface area contributed by atoms with E-state index in [9.17, 15) is 9.59 Å². The molecule has 0 saturated carbocycles. The van der Waals surface area contributed by atoms with Crippen LogP contribution in [0.5, 0.6) is 0 Å². The minimum atomic E-state index is -0.423. The SMILES string of the molecule is CC(c1ccccc1)N1CCC2(CC1)CSC1=C(O2)c2ccccc2C(=O)C1=O. The van der Waals surface area contributed by atoms with Crippen LogP contribution < -0.4 is 0 Å². The number of fused-ring (bicyclic) bond motifs is 2. The average molecular weight is 406 g/mol. The highest BCUT2D eigenvalue weighted by Crippen LogP contribution is 2.47. The molecule has 29 heavy (non-hydrogen) atoms. The molecule has 1 fully saturated rings. The van der Waals surface area contributed by atoms with Gasteiger partial charge in [0.15, 0.2) is 0 Å². The molecule has 4 nitrogen and oxygen atoms in total. The second kappa shape index (κ2) is 7.15. The number of hydrogen-bond donors (Lipinski definition) is 0. The van der Waals surface area contributed by atoms with Gasteiger partial charge in [-0.3, -0.25) is 14.5 Å². The molecule has 1 spiro atoms. The third kappa shape index (κ3) is 3.13. The molecule has 0 radical (unpaired) electrons. The molecule has 1 saturated heterocycles. The number of thioether (sulfide) groups is 1. The fourth-order valence-corrected chi connectivity index (χ4v) is 5.78. The predicted octanol–water partition coefficient (Wildman–Crippen LogP) is 4.48. The van der Waals surface area contributed by atoms with Crippen LogP contribution in [0.15, 0.2) is 59.5 Å². The van der Waals surface area contributed by atoms with Gasteiger partial charge in [-0.1, -0.05) is 54.6 Å². The molecular weight excluding hydrogens is 382 g/mol. The van der Waals surface area contributed by atoms with Gasteiger partial charge in [0.1, 0.15) is 16.3 Å². The second-order valence-electron chi connectivity index (χ2n) is 8.06. The lowest BCUT2D eigenvalue weighted by Gasteiger charge is -2.46. The van der Waals surface area contributed by atoms with E-state index in [2.05, 4.69) is 36.1 Å². The Morgan fingerprint density at radius 1 is 0.931 bits per heavy atom. The molecule has 0 bridgehead atoms. The Labute approximate surface area is 174 Å².